The first kappa shape index (κ1) is 16.4. The van der Waals surface area contributed by atoms with Crippen LogP contribution in [0.25, 0.3) is 0 Å². The molecule has 1 amide bonds. The molecule has 126 valence electrons. The van der Waals surface area contributed by atoms with E-state index in [9.17, 15) is 13.2 Å². The predicted molar refractivity (Wildman–Crippen MR) is 85.9 cm³/mol. The monoisotopic (exact) mass is 339 g/mol. The van der Waals surface area contributed by atoms with Crippen LogP contribution in [-0.2, 0) is 19.6 Å². The minimum absolute atomic E-state index is 0.102. The Morgan fingerprint density at radius 2 is 2.09 bits per heavy atom. The van der Waals surface area contributed by atoms with Crippen molar-refractivity contribution in [1.82, 2.24) is 9.62 Å². The second-order valence-electron chi connectivity index (χ2n) is 5.81. The fourth-order valence-corrected chi connectivity index (χ4v) is 3.86. The Morgan fingerprint density at radius 3 is 2.83 bits per heavy atom. The maximum atomic E-state index is 12.4. The number of hydrogen-bond donors (Lipinski definition) is 2. The SMILES string of the molecule is C[C@@H]1C(=O)Nc2ccc(S(=O)(=O)NCCN3CCOCC3)cc21. The van der Waals surface area contributed by atoms with Gasteiger partial charge in [0, 0.05) is 31.9 Å². The van der Waals surface area contributed by atoms with Crippen molar-refractivity contribution in [2.24, 2.45) is 0 Å². The van der Waals surface area contributed by atoms with E-state index in [1.54, 1.807) is 19.1 Å². The molecule has 3 rings (SSSR count). The molecule has 1 fully saturated rings. The Labute approximate surface area is 136 Å². The van der Waals surface area contributed by atoms with Gasteiger partial charge >= 0.3 is 0 Å². The van der Waals surface area contributed by atoms with Gasteiger partial charge in [-0.3, -0.25) is 9.69 Å². The van der Waals surface area contributed by atoms with Crippen molar-refractivity contribution in [3.05, 3.63) is 23.8 Å². The van der Waals surface area contributed by atoms with Crippen LogP contribution in [0, 0.1) is 0 Å². The molecule has 0 bridgehead atoms. The molecule has 2 aliphatic heterocycles. The summed E-state index contributed by atoms with van der Waals surface area (Å²) in [6.45, 7) is 5.81. The standard InChI is InChI=1S/C15H21N3O4S/c1-11-13-10-12(2-3-14(13)17-15(11)19)23(20,21)16-4-5-18-6-8-22-9-7-18/h2-3,10-11,16H,4-9H2,1H3,(H,17,19)/t11-/m0/s1. The third kappa shape index (κ3) is 3.55. The number of hydrogen-bond acceptors (Lipinski definition) is 5. The van der Waals surface area contributed by atoms with Gasteiger partial charge in [0.2, 0.25) is 15.9 Å². The number of carbonyl (C=O) groups excluding carboxylic acids is 1. The van der Waals surface area contributed by atoms with Gasteiger partial charge in [0.1, 0.15) is 0 Å². The molecule has 0 spiro atoms. The number of nitrogens with zero attached hydrogens (tertiary/aromatic N) is 1. The molecule has 0 radical (unpaired) electrons. The number of anilines is 1. The lowest BCUT2D eigenvalue weighted by Gasteiger charge is -2.26. The summed E-state index contributed by atoms with van der Waals surface area (Å²) >= 11 is 0. The maximum Gasteiger partial charge on any atom is 0.240 e. The lowest BCUT2D eigenvalue weighted by atomic mass is 10.0. The zero-order valence-electron chi connectivity index (χ0n) is 13.0. The van der Waals surface area contributed by atoms with Crippen molar-refractivity contribution in [3.8, 4) is 0 Å². The molecule has 2 heterocycles. The quantitative estimate of drug-likeness (QED) is 0.808. The number of amides is 1. The lowest BCUT2D eigenvalue weighted by Crippen LogP contribution is -2.41. The molecule has 0 saturated carbocycles. The van der Waals surface area contributed by atoms with Crippen molar-refractivity contribution in [2.45, 2.75) is 17.7 Å². The Balaban J connectivity index is 1.65. The van der Waals surface area contributed by atoms with Gasteiger partial charge in [0.25, 0.3) is 0 Å². The number of fused-ring (bicyclic) bond motifs is 1. The van der Waals surface area contributed by atoms with Crippen LogP contribution in [0.2, 0.25) is 0 Å². The number of rotatable bonds is 5. The van der Waals surface area contributed by atoms with Gasteiger partial charge in [-0.2, -0.15) is 0 Å². The van der Waals surface area contributed by atoms with Crippen molar-refractivity contribution in [2.75, 3.05) is 44.7 Å². The molecule has 2 N–H and O–H groups in total. The van der Waals surface area contributed by atoms with Crippen LogP contribution in [0.1, 0.15) is 18.4 Å². The molecule has 0 unspecified atom stereocenters. The maximum absolute atomic E-state index is 12.4. The highest BCUT2D eigenvalue weighted by atomic mass is 32.2. The average molecular weight is 339 g/mol. The highest BCUT2D eigenvalue weighted by Crippen LogP contribution is 2.33. The summed E-state index contributed by atoms with van der Waals surface area (Å²) in [6, 6.07) is 4.75. The van der Waals surface area contributed by atoms with Gasteiger partial charge in [-0.25, -0.2) is 13.1 Å². The van der Waals surface area contributed by atoms with E-state index in [4.69, 9.17) is 4.74 Å². The van der Waals surface area contributed by atoms with E-state index in [0.717, 1.165) is 18.7 Å². The summed E-state index contributed by atoms with van der Waals surface area (Å²) in [5.41, 5.74) is 1.42. The highest BCUT2D eigenvalue weighted by Gasteiger charge is 2.28. The summed E-state index contributed by atoms with van der Waals surface area (Å²) in [5, 5.41) is 2.74. The van der Waals surface area contributed by atoms with Crippen LogP contribution in [0.3, 0.4) is 0 Å². The van der Waals surface area contributed by atoms with Crippen LogP contribution >= 0.6 is 0 Å². The van der Waals surface area contributed by atoms with Gasteiger partial charge in [0.15, 0.2) is 0 Å². The summed E-state index contributed by atoms with van der Waals surface area (Å²) in [7, 11) is -3.57. The molecule has 0 aromatic heterocycles. The molecule has 23 heavy (non-hydrogen) atoms. The van der Waals surface area contributed by atoms with E-state index in [0.29, 0.717) is 32.0 Å². The van der Waals surface area contributed by atoms with Gasteiger partial charge < -0.3 is 10.1 Å². The Morgan fingerprint density at radius 1 is 1.35 bits per heavy atom. The lowest BCUT2D eigenvalue weighted by molar-refractivity contribution is -0.116. The van der Waals surface area contributed by atoms with Gasteiger partial charge in [-0.1, -0.05) is 0 Å². The molecule has 1 atom stereocenters. The summed E-state index contributed by atoms with van der Waals surface area (Å²) in [4.78, 5) is 14.0. The Bertz CT molecular complexity index is 699. The molecule has 1 aromatic carbocycles. The van der Waals surface area contributed by atoms with Crippen LogP contribution in [0.4, 0.5) is 5.69 Å². The van der Waals surface area contributed by atoms with E-state index >= 15 is 0 Å². The fourth-order valence-electron chi connectivity index (χ4n) is 2.81. The zero-order valence-corrected chi connectivity index (χ0v) is 13.9. The second kappa shape index (κ2) is 6.56. The summed E-state index contributed by atoms with van der Waals surface area (Å²) in [6.07, 6.45) is 0. The number of morpholine rings is 1. The number of sulfonamides is 1. The van der Waals surface area contributed by atoms with Crippen LogP contribution in [0.15, 0.2) is 23.1 Å². The van der Waals surface area contributed by atoms with Gasteiger partial charge in [-0.15, -0.1) is 0 Å². The molecule has 7 nitrogen and oxygen atoms in total. The van der Waals surface area contributed by atoms with Crippen LogP contribution in [-0.4, -0.2) is 58.6 Å². The van der Waals surface area contributed by atoms with Gasteiger partial charge in [0.05, 0.1) is 24.0 Å². The topological polar surface area (TPSA) is 87.7 Å². The Kier molecular flexibility index (Phi) is 4.67. The minimum atomic E-state index is -3.57. The van der Waals surface area contributed by atoms with E-state index in [1.807, 2.05) is 0 Å². The van der Waals surface area contributed by atoms with Crippen molar-refractivity contribution in [3.63, 3.8) is 0 Å². The number of carbonyl (C=O) groups is 1. The molecule has 1 saturated heterocycles. The van der Waals surface area contributed by atoms with Crippen molar-refractivity contribution < 1.29 is 17.9 Å². The molecular weight excluding hydrogens is 318 g/mol. The predicted octanol–water partition coefficient (Wildman–Crippen LogP) is 0.353. The van der Waals surface area contributed by atoms with Crippen molar-refractivity contribution >= 4 is 21.6 Å². The van der Waals surface area contributed by atoms with E-state index in [-0.39, 0.29) is 16.7 Å². The number of ether oxygens (including phenoxy) is 1. The largest absolute Gasteiger partial charge is 0.379 e. The molecular formula is C15H21N3O4S. The van der Waals surface area contributed by atoms with E-state index in [1.165, 1.54) is 6.07 Å². The van der Waals surface area contributed by atoms with E-state index < -0.39 is 10.0 Å². The number of benzene rings is 1. The summed E-state index contributed by atoms with van der Waals surface area (Å²) in [5.74, 6) is -0.427. The molecule has 8 heteroatoms. The molecule has 1 aromatic rings. The summed E-state index contributed by atoms with van der Waals surface area (Å²) < 4.78 is 32.7. The van der Waals surface area contributed by atoms with Crippen LogP contribution in [0.5, 0.6) is 0 Å². The second-order valence-corrected chi connectivity index (χ2v) is 7.58. The Hall–Kier alpha value is -1.48. The minimum Gasteiger partial charge on any atom is -0.379 e. The third-order valence-electron chi connectivity index (χ3n) is 4.27. The van der Waals surface area contributed by atoms with Crippen LogP contribution < -0.4 is 10.0 Å². The van der Waals surface area contributed by atoms with Crippen molar-refractivity contribution in [1.29, 1.82) is 0 Å². The molecule has 2 aliphatic rings. The first-order valence-electron chi connectivity index (χ1n) is 7.72. The normalized spacial score (nSPS) is 22.0. The fraction of sp³-hybridized carbons (Fsp3) is 0.533. The highest BCUT2D eigenvalue weighted by molar-refractivity contribution is 7.89. The van der Waals surface area contributed by atoms with Gasteiger partial charge in [-0.05, 0) is 30.7 Å². The first-order valence-corrected chi connectivity index (χ1v) is 9.20. The first-order chi connectivity index (χ1) is 11.0. The zero-order chi connectivity index (χ0) is 16.4. The average Bonchev–Trinajstić information content (AvgIpc) is 2.83. The smallest absolute Gasteiger partial charge is 0.240 e. The van der Waals surface area contributed by atoms with E-state index in [2.05, 4.69) is 14.9 Å². The molecule has 0 aliphatic carbocycles. The number of nitrogens with one attached hydrogen (secondary N) is 2. The third-order valence-corrected chi connectivity index (χ3v) is 5.73.